The Bertz CT molecular complexity index is 576. The molecule has 0 aliphatic heterocycles. The van der Waals surface area contributed by atoms with E-state index in [1.165, 1.54) is 11.5 Å². The quantitative estimate of drug-likeness (QED) is 0.758. The summed E-state index contributed by atoms with van der Waals surface area (Å²) < 4.78 is 31.0. The SMILES string of the molecule is CS(=O)(=O)OCc1cccc2nnsc12. The van der Waals surface area contributed by atoms with Gasteiger partial charge >= 0.3 is 0 Å². The summed E-state index contributed by atoms with van der Waals surface area (Å²) in [5.74, 6) is 0. The highest BCUT2D eigenvalue weighted by Gasteiger charge is 2.07. The Kier molecular flexibility index (Phi) is 2.68. The second-order valence-electron chi connectivity index (χ2n) is 3.00. The van der Waals surface area contributed by atoms with Gasteiger partial charge in [0.05, 0.1) is 17.6 Å². The fourth-order valence-corrected chi connectivity index (χ4v) is 2.14. The molecule has 2 aromatic rings. The van der Waals surface area contributed by atoms with Crippen LogP contribution in [0.2, 0.25) is 0 Å². The maximum atomic E-state index is 10.8. The third-order valence-corrected chi connectivity index (χ3v) is 3.15. The predicted molar refractivity (Wildman–Crippen MR) is 57.0 cm³/mol. The van der Waals surface area contributed by atoms with Gasteiger partial charge in [-0.1, -0.05) is 16.6 Å². The molecule has 0 unspecified atom stereocenters. The number of rotatable bonds is 3. The van der Waals surface area contributed by atoms with Crippen molar-refractivity contribution in [3.8, 4) is 0 Å². The molecular weight excluding hydrogens is 236 g/mol. The molecular formula is C8H8N2O3S2. The Labute approximate surface area is 91.0 Å². The van der Waals surface area contributed by atoms with Gasteiger partial charge in [-0.3, -0.25) is 4.18 Å². The Hall–Kier alpha value is -1.05. The summed E-state index contributed by atoms with van der Waals surface area (Å²) in [4.78, 5) is 0. The number of hydrogen-bond acceptors (Lipinski definition) is 6. The van der Waals surface area contributed by atoms with Crippen molar-refractivity contribution in [2.24, 2.45) is 0 Å². The first-order valence-corrected chi connectivity index (χ1v) is 6.69. The molecule has 0 N–H and O–H groups in total. The van der Waals surface area contributed by atoms with Crippen molar-refractivity contribution in [2.75, 3.05) is 6.26 Å². The molecule has 0 atom stereocenters. The van der Waals surface area contributed by atoms with Crippen molar-refractivity contribution < 1.29 is 12.6 Å². The van der Waals surface area contributed by atoms with Gasteiger partial charge in [0.15, 0.2) is 0 Å². The minimum atomic E-state index is -3.41. The lowest BCUT2D eigenvalue weighted by atomic mass is 10.2. The van der Waals surface area contributed by atoms with Crippen molar-refractivity contribution in [3.05, 3.63) is 23.8 Å². The molecule has 1 heterocycles. The topological polar surface area (TPSA) is 69.2 Å². The summed E-state index contributed by atoms with van der Waals surface area (Å²) in [5, 5.41) is 3.89. The van der Waals surface area contributed by atoms with Crippen LogP contribution in [0.25, 0.3) is 10.2 Å². The molecule has 5 nitrogen and oxygen atoms in total. The van der Waals surface area contributed by atoms with Crippen LogP contribution in [-0.4, -0.2) is 24.3 Å². The average molecular weight is 244 g/mol. The van der Waals surface area contributed by atoms with E-state index in [-0.39, 0.29) is 6.61 Å². The monoisotopic (exact) mass is 244 g/mol. The highest BCUT2D eigenvalue weighted by molar-refractivity contribution is 7.85. The molecule has 15 heavy (non-hydrogen) atoms. The molecule has 0 amide bonds. The molecule has 0 radical (unpaired) electrons. The molecule has 0 aliphatic carbocycles. The minimum absolute atomic E-state index is 0.0278. The fraction of sp³-hybridized carbons (Fsp3) is 0.250. The van der Waals surface area contributed by atoms with Crippen LogP contribution in [0.5, 0.6) is 0 Å². The summed E-state index contributed by atoms with van der Waals surface area (Å²) in [6.45, 7) is 0.0278. The second kappa shape index (κ2) is 3.84. The Morgan fingerprint density at radius 3 is 3.00 bits per heavy atom. The van der Waals surface area contributed by atoms with Gasteiger partial charge in [0.1, 0.15) is 5.52 Å². The molecule has 80 valence electrons. The molecule has 2 rings (SSSR count). The van der Waals surface area contributed by atoms with E-state index in [0.29, 0.717) is 0 Å². The summed E-state index contributed by atoms with van der Waals surface area (Å²) in [5.41, 5.74) is 1.54. The Morgan fingerprint density at radius 2 is 2.27 bits per heavy atom. The number of fused-ring (bicyclic) bond motifs is 1. The number of nitrogens with zero attached hydrogens (tertiary/aromatic N) is 2. The van der Waals surface area contributed by atoms with Crippen LogP contribution < -0.4 is 0 Å². The van der Waals surface area contributed by atoms with Gasteiger partial charge in [0.2, 0.25) is 0 Å². The van der Waals surface area contributed by atoms with Gasteiger partial charge in [-0.05, 0) is 17.6 Å². The molecule has 0 fully saturated rings. The van der Waals surface area contributed by atoms with E-state index in [1.54, 1.807) is 12.1 Å². The van der Waals surface area contributed by atoms with E-state index in [0.717, 1.165) is 22.0 Å². The predicted octanol–water partition coefficient (Wildman–Crippen LogP) is 1.17. The summed E-state index contributed by atoms with van der Waals surface area (Å²) in [6, 6.07) is 5.42. The molecule has 0 saturated heterocycles. The Morgan fingerprint density at radius 1 is 1.47 bits per heavy atom. The van der Waals surface area contributed by atoms with Gasteiger partial charge < -0.3 is 0 Å². The lowest BCUT2D eigenvalue weighted by molar-refractivity contribution is 0.313. The first-order chi connectivity index (χ1) is 7.06. The largest absolute Gasteiger partial charge is 0.265 e. The molecule has 1 aromatic carbocycles. The highest BCUT2D eigenvalue weighted by Crippen LogP contribution is 2.21. The van der Waals surface area contributed by atoms with Crippen LogP contribution in [0.4, 0.5) is 0 Å². The van der Waals surface area contributed by atoms with Crippen LogP contribution in [-0.2, 0) is 20.9 Å². The molecule has 1 aromatic heterocycles. The molecule has 7 heteroatoms. The van der Waals surface area contributed by atoms with E-state index < -0.39 is 10.1 Å². The van der Waals surface area contributed by atoms with Crippen LogP contribution in [0.1, 0.15) is 5.56 Å². The van der Waals surface area contributed by atoms with Crippen molar-refractivity contribution in [2.45, 2.75) is 6.61 Å². The number of hydrogen-bond donors (Lipinski definition) is 0. The lowest BCUT2D eigenvalue weighted by Gasteiger charge is -2.01. The van der Waals surface area contributed by atoms with Crippen LogP contribution in [0, 0.1) is 0 Å². The van der Waals surface area contributed by atoms with Crippen molar-refractivity contribution in [1.29, 1.82) is 0 Å². The van der Waals surface area contributed by atoms with E-state index in [1.807, 2.05) is 6.07 Å². The van der Waals surface area contributed by atoms with Crippen LogP contribution in [0.15, 0.2) is 18.2 Å². The fourth-order valence-electron chi connectivity index (χ4n) is 1.14. The van der Waals surface area contributed by atoms with Crippen LogP contribution >= 0.6 is 11.5 Å². The maximum Gasteiger partial charge on any atom is 0.264 e. The number of aromatic nitrogens is 2. The van der Waals surface area contributed by atoms with Gasteiger partial charge in [-0.2, -0.15) is 8.42 Å². The van der Waals surface area contributed by atoms with Gasteiger partial charge in [-0.15, -0.1) is 5.10 Å². The summed E-state index contributed by atoms with van der Waals surface area (Å²) in [6.07, 6.45) is 1.03. The normalized spacial score (nSPS) is 12.1. The van der Waals surface area contributed by atoms with E-state index in [4.69, 9.17) is 4.18 Å². The van der Waals surface area contributed by atoms with E-state index >= 15 is 0 Å². The third kappa shape index (κ3) is 2.49. The molecule has 0 saturated carbocycles. The third-order valence-electron chi connectivity index (χ3n) is 1.78. The molecule has 0 aliphatic rings. The first-order valence-electron chi connectivity index (χ1n) is 4.10. The Balaban J connectivity index is 2.32. The summed E-state index contributed by atoms with van der Waals surface area (Å²) in [7, 11) is -3.41. The zero-order valence-electron chi connectivity index (χ0n) is 7.87. The van der Waals surface area contributed by atoms with Crippen LogP contribution in [0.3, 0.4) is 0 Å². The number of benzene rings is 1. The standard InChI is InChI=1S/C8H8N2O3S2/c1-15(11,12)13-5-6-3-2-4-7-8(6)14-10-9-7/h2-4H,5H2,1H3. The van der Waals surface area contributed by atoms with Gasteiger partial charge in [0.25, 0.3) is 10.1 Å². The zero-order valence-corrected chi connectivity index (χ0v) is 9.51. The van der Waals surface area contributed by atoms with Gasteiger partial charge in [0, 0.05) is 5.56 Å². The minimum Gasteiger partial charge on any atom is -0.265 e. The highest BCUT2D eigenvalue weighted by atomic mass is 32.2. The maximum absolute atomic E-state index is 10.8. The molecule has 0 bridgehead atoms. The van der Waals surface area contributed by atoms with E-state index in [2.05, 4.69) is 9.59 Å². The second-order valence-corrected chi connectivity index (χ2v) is 5.40. The zero-order chi connectivity index (χ0) is 10.9. The lowest BCUT2D eigenvalue weighted by Crippen LogP contribution is -2.02. The van der Waals surface area contributed by atoms with Crippen molar-refractivity contribution >= 4 is 31.9 Å². The van der Waals surface area contributed by atoms with Crippen molar-refractivity contribution in [3.63, 3.8) is 0 Å². The average Bonchev–Trinajstić information content (AvgIpc) is 2.61. The molecule has 0 spiro atoms. The van der Waals surface area contributed by atoms with E-state index in [9.17, 15) is 8.42 Å². The smallest absolute Gasteiger partial charge is 0.264 e. The summed E-state index contributed by atoms with van der Waals surface area (Å²) >= 11 is 1.23. The van der Waals surface area contributed by atoms with Gasteiger partial charge in [-0.25, -0.2) is 0 Å². The first kappa shape index (κ1) is 10.5. The van der Waals surface area contributed by atoms with Crippen molar-refractivity contribution in [1.82, 2.24) is 9.59 Å².